The van der Waals surface area contributed by atoms with Gasteiger partial charge in [0.25, 0.3) is 0 Å². The summed E-state index contributed by atoms with van der Waals surface area (Å²) in [6.45, 7) is 4.18. The highest BCUT2D eigenvalue weighted by Gasteiger charge is 2.11. The second kappa shape index (κ2) is 5.65. The van der Waals surface area contributed by atoms with E-state index in [9.17, 15) is 0 Å². The summed E-state index contributed by atoms with van der Waals surface area (Å²) in [5.41, 5.74) is 2.44. The lowest BCUT2D eigenvalue weighted by Gasteiger charge is -2.19. The van der Waals surface area contributed by atoms with Gasteiger partial charge in [-0.3, -0.25) is 0 Å². The summed E-state index contributed by atoms with van der Waals surface area (Å²) in [6, 6.07) is 20.6. The van der Waals surface area contributed by atoms with Gasteiger partial charge in [-0.15, -0.1) is 0 Å². The Morgan fingerprint density at radius 1 is 0.647 bits per heavy atom. The molecule has 0 amide bonds. The van der Waals surface area contributed by atoms with Crippen LogP contribution in [0.5, 0.6) is 0 Å². The van der Waals surface area contributed by atoms with Gasteiger partial charge in [-0.1, -0.05) is 60.7 Å². The van der Waals surface area contributed by atoms with E-state index in [4.69, 9.17) is 4.74 Å². The van der Waals surface area contributed by atoms with Gasteiger partial charge in [0.05, 0.1) is 12.2 Å². The Balaban J connectivity index is 2.02. The Labute approximate surface area is 103 Å². The molecular weight excluding hydrogens is 208 g/mol. The van der Waals surface area contributed by atoms with Gasteiger partial charge in [0, 0.05) is 0 Å². The van der Waals surface area contributed by atoms with E-state index < -0.39 is 0 Å². The molecular formula is C16H18O. The number of benzene rings is 2. The lowest BCUT2D eigenvalue weighted by atomic mass is 10.1. The third-order valence-electron chi connectivity index (χ3n) is 2.95. The van der Waals surface area contributed by atoms with E-state index in [1.165, 1.54) is 11.1 Å². The largest absolute Gasteiger partial charge is 0.366 e. The van der Waals surface area contributed by atoms with Crippen LogP contribution in [0.3, 0.4) is 0 Å². The molecule has 0 aromatic heterocycles. The topological polar surface area (TPSA) is 9.23 Å². The van der Waals surface area contributed by atoms with Crippen molar-refractivity contribution >= 4 is 0 Å². The van der Waals surface area contributed by atoms with Crippen molar-refractivity contribution in [2.24, 2.45) is 0 Å². The van der Waals surface area contributed by atoms with Crippen molar-refractivity contribution in [2.45, 2.75) is 26.1 Å². The third kappa shape index (κ3) is 3.18. The van der Waals surface area contributed by atoms with Crippen molar-refractivity contribution in [3.63, 3.8) is 0 Å². The molecule has 0 spiro atoms. The van der Waals surface area contributed by atoms with Crippen LogP contribution in [0.25, 0.3) is 0 Å². The first-order valence-corrected chi connectivity index (χ1v) is 6.02. The number of rotatable bonds is 4. The molecule has 1 nitrogen and oxygen atoms in total. The van der Waals surface area contributed by atoms with Crippen molar-refractivity contribution < 1.29 is 4.74 Å². The van der Waals surface area contributed by atoms with Crippen LogP contribution in [-0.2, 0) is 4.74 Å². The Morgan fingerprint density at radius 2 is 1.00 bits per heavy atom. The molecule has 2 aromatic rings. The minimum absolute atomic E-state index is 0.117. The van der Waals surface area contributed by atoms with Crippen LogP contribution in [-0.4, -0.2) is 0 Å². The summed E-state index contributed by atoms with van der Waals surface area (Å²) < 4.78 is 6.02. The lowest BCUT2D eigenvalue weighted by molar-refractivity contribution is 0.00586. The Hall–Kier alpha value is -1.60. The summed E-state index contributed by atoms with van der Waals surface area (Å²) in [7, 11) is 0. The van der Waals surface area contributed by atoms with Gasteiger partial charge in [0.1, 0.15) is 0 Å². The van der Waals surface area contributed by atoms with Crippen LogP contribution in [0.2, 0.25) is 0 Å². The monoisotopic (exact) mass is 226 g/mol. The van der Waals surface area contributed by atoms with Crippen LogP contribution in [0.15, 0.2) is 60.7 Å². The van der Waals surface area contributed by atoms with Crippen LogP contribution >= 0.6 is 0 Å². The first-order chi connectivity index (χ1) is 8.27. The minimum Gasteiger partial charge on any atom is -0.366 e. The summed E-state index contributed by atoms with van der Waals surface area (Å²) >= 11 is 0. The van der Waals surface area contributed by atoms with Gasteiger partial charge < -0.3 is 4.74 Å². The van der Waals surface area contributed by atoms with Gasteiger partial charge in [-0.05, 0) is 25.0 Å². The molecule has 0 bridgehead atoms. The third-order valence-corrected chi connectivity index (χ3v) is 2.95. The van der Waals surface area contributed by atoms with E-state index >= 15 is 0 Å². The Morgan fingerprint density at radius 3 is 1.35 bits per heavy atom. The van der Waals surface area contributed by atoms with E-state index in [1.54, 1.807) is 0 Å². The Bertz CT molecular complexity index is 392. The van der Waals surface area contributed by atoms with Crippen molar-refractivity contribution in [3.05, 3.63) is 71.8 Å². The van der Waals surface area contributed by atoms with Gasteiger partial charge in [-0.2, -0.15) is 0 Å². The van der Waals surface area contributed by atoms with Crippen molar-refractivity contribution in [1.82, 2.24) is 0 Å². The molecule has 2 atom stereocenters. The predicted octanol–water partition coefficient (Wildman–Crippen LogP) is 4.53. The molecule has 17 heavy (non-hydrogen) atoms. The maximum Gasteiger partial charge on any atom is 0.0805 e. The second-order valence-corrected chi connectivity index (χ2v) is 4.24. The second-order valence-electron chi connectivity index (χ2n) is 4.24. The quantitative estimate of drug-likeness (QED) is 0.744. The standard InChI is InChI=1S/C16H18O/c1-13(15-9-5-3-6-10-15)17-14(2)16-11-7-4-8-12-16/h3-14H,1-2H3/t13-,14+. The fourth-order valence-electron chi connectivity index (χ4n) is 1.91. The SMILES string of the molecule is C[C@H](O[C@H](C)c1ccccc1)c1ccccc1. The van der Waals surface area contributed by atoms with E-state index in [-0.39, 0.29) is 12.2 Å². The highest BCUT2D eigenvalue weighted by molar-refractivity contribution is 5.19. The summed E-state index contributed by atoms with van der Waals surface area (Å²) in [4.78, 5) is 0. The average Bonchev–Trinajstić information content (AvgIpc) is 2.40. The van der Waals surface area contributed by atoms with E-state index in [0.717, 1.165) is 0 Å². The van der Waals surface area contributed by atoms with E-state index in [2.05, 4.69) is 38.1 Å². The van der Waals surface area contributed by atoms with Crippen LogP contribution in [0.4, 0.5) is 0 Å². The molecule has 0 saturated heterocycles. The summed E-state index contributed by atoms with van der Waals surface area (Å²) in [5.74, 6) is 0. The highest BCUT2D eigenvalue weighted by Crippen LogP contribution is 2.25. The normalized spacial score (nSPS) is 14.2. The van der Waals surface area contributed by atoms with Crippen molar-refractivity contribution in [2.75, 3.05) is 0 Å². The van der Waals surface area contributed by atoms with Crippen molar-refractivity contribution in [1.29, 1.82) is 0 Å². The molecule has 0 unspecified atom stereocenters. The summed E-state index contributed by atoms with van der Waals surface area (Å²) in [5, 5.41) is 0. The van der Waals surface area contributed by atoms with Gasteiger partial charge >= 0.3 is 0 Å². The average molecular weight is 226 g/mol. The molecule has 0 aliphatic heterocycles. The van der Waals surface area contributed by atoms with E-state index in [1.807, 2.05) is 36.4 Å². The molecule has 2 rings (SSSR count). The first kappa shape index (κ1) is 11.9. The van der Waals surface area contributed by atoms with Crippen LogP contribution < -0.4 is 0 Å². The molecule has 1 heteroatoms. The molecule has 0 fully saturated rings. The first-order valence-electron chi connectivity index (χ1n) is 6.02. The molecule has 2 aromatic carbocycles. The molecule has 0 heterocycles. The zero-order valence-corrected chi connectivity index (χ0v) is 10.3. The number of hydrogen-bond donors (Lipinski definition) is 0. The predicted molar refractivity (Wildman–Crippen MR) is 70.8 cm³/mol. The Kier molecular flexibility index (Phi) is 3.94. The zero-order chi connectivity index (χ0) is 12.1. The van der Waals surface area contributed by atoms with Crippen LogP contribution in [0, 0.1) is 0 Å². The zero-order valence-electron chi connectivity index (χ0n) is 10.3. The van der Waals surface area contributed by atoms with Gasteiger partial charge in [0.2, 0.25) is 0 Å². The molecule has 0 saturated carbocycles. The lowest BCUT2D eigenvalue weighted by Crippen LogP contribution is -2.04. The highest BCUT2D eigenvalue weighted by atomic mass is 16.5. The van der Waals surface area contributed by atoms with Crippen LogP contribution in [0.1, 0.15) is 37.2 Å². The maximum absolute atomic E-state index is 6.02. The molecule has 0 aliphatic carbocycles. The number of hydrogen-bond acceptors (Lipinski definition) is 1. The van der Waals surface area contributed by atoms with Crippen molar-refractivity contribution in [3.8, 4) is 0 Å². The fourth-order valence-corrected chi connectivity index (χ4v) is 1.91. The van der Waals surface area contributed by atoms with Gasteiger partial charge in [0.15, 0.2) is 0 Å². The number of ether oxygens (including phenoxy) is 1. The minimum atomic E-state index is 0.117. The molecule has 0 aliphatic rings. The van der Waals surface area contributed by atoms with E-state index in [0.29, 0.717) is 0 Å². The fraction of sp³-hybridized carbons (Fsp3) is 0.250. The summed E-state index contributed by atoms with van der Waals surface area (Å²) in [6.07, 6.45) is 0.234. The molecule has 88 valence electrons. The maximum atomic E-state index is 6.02. The molecule has 0 radical (unpaired) electrons. The smallest absolute Gasteiger partial charge is 0.0805 e. The molecule has 0 N–H and O–H groups in total. The van der Waals surface area contributed by atoms with Gasteiger partial charge in [-0.25, -0.2) is 0 Å².